The van der Waals surface area contributed by atoms with E-state index in [1.54, 1.807) is 6.07 Å². The number of aromatic nitrogens is 4. The van der Waals surface area contributed by atoms with Gasteiger partial charge >= 0.3 is 0 Å². The molecule has 0 bridgehead atoms. The Morgan fingerprint density at radius 1 is 1.07 bits per heavy atom. The summed E-state index contributed by atoms with van der Waals surface area (Å²) >= 11 is 6.07. The Kier molecular flexibility index (Phi) is 4.43. The number of anilines is 3. The third-order valence-corrected chi connectivity index (χ3v) is 4.14. The first-order valence-electron chi connectivity index (χ1n) is 8.20. The molecule has 0 saturated carbocycles. The minimum atomic E-state index is -0.131. The van der Waals surface area contributed by atoms with E-state index in [9.17, 15) is 4.79 Å². The van der Waals surface area contributed by atoms with Crippen molar-refractivity contribution in [3.8, 4) is 11.3 Å². The minimum Gasteiger partial charge on any atom is -0.339 e. The zero-order chi connectivity index (χ0) is 18.8. The van der Waals surface area contributed by atoms with Crippen LogP contribution >= 0.6 is 11.6 Å². The number of aromatic amines is 1. The smallest absolute Gasteiger partial charge is 0.221 e. The van der Waals surface area contributed by atoms with Crippen molar-refractivity contribution in [1.29, 1.82) is 0 Å². The van der Waals surface area contributed by atoms with Crippen molar-refractivity contribution in [3.05, 3.63) is 59.9 Å². The molecular formula is C19H15ClN6O. The fourth-order valence-corrected chi connectivity index (χ4v) is 3.01. The molecule has 134 valence electrons. The first-order chi connectivity index (χ1) is 13.1. The lowest BCUT2D eigenvalue weighted by Crippen LogP contribution is -2.05. The fraction of sp³-hybridized carbons (Fsp3) is 0.0526. The Bertz CT molecular complexity index is 1140. The first-order valence-corrected chi connectivity index (χ1v) is 8.57. The molecule has 0 aliphatic rings. The highest BCUT2D eigenvalue weighted by molar-refractivity contribution is 6.30. The lowest BCUT2D eigenvalue weighted by atomic mass is 10.1. The Morgan fingerprint density at radius 3 is 2.70 bits per heavy atom. The number of hydrogen-bond acceptors (Lipinski definition) is 5. The van der Waals surface area contributed by atoms with Crippen LogP contribution in [0.1, 0.15) is 6.92 Å². The van der Waals surface area contributed by atoms with E-state index in [-0.39, 0.29) is 5.91 Å². The van der Waals surface area contributed by atoms with Gasteiger partial charge in [-0.25, -0.2) is 9.97 Å². The number of amides is 1. The van der Waals surface area contributed by atoms with Crippen LogP contribution in [0.15, 0.2) is 54.9 Å². The van der Waals surface area contributed by atoms with Gasteiger partial charge in [-0.05, 0) is 30.3 Å². The predicted molar refractivity (Wildman–Crippen MR) is 106 cm³/mol. The van der Waals surface area contributed by atoms with Crippen LogP contribution in [0.4, 0.5) is 17.2 Å². The Hall–Kier alpha value is -3.45. The Morgan fingerprint density at radius 2 is 1.89 bits per heavy atom. The molecule has 0 saturated heterocycles. The van der Waals surface area contributed by atoms with E-state index in [4.69, 9.17) is 11.6 Å². The summed E-state index contributed by atoms with van der Waals surface area (Å²) in [5.41, 5.74) is 3.65. The fourth-order valence-electron chi connectivity index (χ4n) is 2.82. The normalized spacial score (nSPS) is 10.7. The zero-order valence-corrected chi connectivity index (χ0v) is 15.1. The summed E-state index contributed by atoms with van der Waals surface area (Å²) in [5.74, 6) is 0.476. The second-order valence-corrected chi connectivity index (χ2v) is 6.35. The highest BCUT2D eigenvalue weighted by atomic mass is 35.5. The monoisotopic (exact) mass is 378 g/mol. The lowest BCUT2D eigenvalue weighted by molar-refractivity contribution is -0.114. The van der Waals surface area contributed by atoms with E-state index in [1.165, 1.54) is 13.3 Å². The van der Waals surface area contributed by atoms with Crippen molar-refractivity contribution in [2.75, 3.05) is 10.6 Å². The van der Waals surface area contributed by atoms with Crippen LogP contribution in [0.25, 0.3) is 22.3 Å². The molecule has 4 aromatic rings. The maximum atomic E-state index is 11.3. The van der Waals surface area contributed by atoms with Crippen LogP contribution in [0.5, 0.6) is 0 Å². The summed E-state index contributed by atoms with van der Waals surface area (Å²) in [4.78, 5) is 19.9. The van der Waals surface area contributed by atoms with Crippen LogP contribution in [0.3, 0.4) is 0 Å². The number of hydrogen-bond donors (Lipinski definition) is 3. The zero-order valence-electron chi connectivity index (χ0n) is 14.3. The summed E-state index contributed by atoms with van der Waals surface area (Å²) < 4.78 is 0. The molecule has 0 aliphatic heterocycles. The van der Waals surface area contributed by atoms with Crippen LogP contribution in [-0.2, 0) is 4.79 Å². The average Bonchev–Trinajstić information content (AvgIpc) is 3.07. The summed E-state index contributed by atoms with van der Waals surface area (Å²) in [6, 6.07) is 14.9. The summed E-state index contributed by atoms with van der Waals surface area (Å²) in [5, 5.41) is 14.7. The summed E-state index contributed by atoms with van der Waals surface area (Å²) in [6.45, 7) is 1.47. The highest BCUT2D eigenvalue weighted by Gasteiger charge is 2.15. The number of halogens is 1. The summed E-state index contributed by atoms with van der Waals surface area (Å²) in [7, 11) is 0. The Balaban J connectivity index is 1.80. The Labute approximate surface area is 159 Å². The number of fused-ring (bicyclic) bond motifs is 1. The molecule has 0 atom stereocenters. The quantitative estimate of drug-likeness (QED) is 0.490. The lowest BCUT2D eigenvalue weighted by Gasteiger charge is -2.09. The van der Waals surface area contributed by atoms with Gasteiger partial charge in [0.2, 0.25) is 5.91 Å². The van der Waals surface area contributed by atoms with Gasteiger partial charge in [0.05, 0.1) is 11.1 Å². The molecule has 2 aromatic carbocycles. The van der Waals surface area contributed by atoms with E-state index < -0.39 is 0 Å². The highest BCUT2D eigenvalue weighted by Crippen LogP contribution is 2.32. The summed E-state index contributed by atoms with van der Waals surface area (Å²) in [6.07, 6.45) is 1.45. The van der Waals surface area contributed by atoms with Gasteiger partial charge in [-0.15, -0.1) is 0 Å². The average molecular weight is 379 g/mol. The van der Waals surface area contributed by atoms with Crippen molar-refractivity contribution in [2.24, 2.45) is 0 Å². The molecule has 0 unspecified atom stereocenters. The molecule has 0 spiro atoms. The van der Waals surface area contributed by atoms with Gasteiger partial charge in [-0.2, -0.15) is 5.10 Å². The van der Waals surface area contributed by atoms with Crippen LogP contribution in [-0.4, -0.2) is 26.1 Å². The van der Waals surface area contributed by atoms with E-state index in [0.717, 1.165) is 22.3 Å². The van der Waals surface area contributed by atoms with Crippen LogP contribution < -0.4 is 10.6 Å². The van der Waals surface area contributed by atoms with Crippen molar-refractivity contribution >= 4 is 45.7 Å². The molecule has 7 nitrogen and oxygen atoms in total. The van der Waals surface area contributed by atoms with Gasteiger partial charge in [0.1, 0.15) is 12.1 Å². The number of benzene rings is 2. The number of rotatable bonds is 4. The number of nitrogens with one attached hydrogen (secondary N) is 3. The third kappa shape index (κ3) is 3.58. The molecule has 0 aliphatic carbocycles. The van der Waals surface area contributed by atoms with Crippen molar-refractivity contribution < 1.29 is 4.79 Å². The second kappa shape index (κ2) is 7.05. The van der Waals surface area contributed by atoms with Crippen LogP contribution in [0.2, 0.25) is 5.02 Å². The predicted octanol–water partition coefficient (Wildman–Crippen LogP) is 4.38. The number of carbonyl (C=O) groups excluding carboxylic acids is 1. The molecule has 2 aromatic heterocycles. The van der Waals surface area contributed by atoms with Gasteiger partial charge < -0.3 is 10.6 Å². The van der Waals surface area contributed by atoms with Gasteiger partial charge in [-0.1, -0.05) is 29.8 Å². The van der Waals surface area contributed by atoms with Gasteiger partial charge in [-0.3, -0.25) is 9.89 Å². The molecule has 4 rings (SSSR count). The molecule has 8 heteroatoms. The van der Waals surface area contributed by atoms with E-state index in [1.807, 2.05) is 42.5 Å². The van der Waals surface area contributed by atoms with E-state index >= 15 is 0 Å². The minimum absolute atomic E-state index is 0.131. The molecule has 27 heavy (non-hydrogen) atoms. The topological polar surface area (TPSA) is 95.6 Å². The van der Waals surface area contributed by atoms with Gasteiger partial charge in [0.15, 0.2) is 5.65 Å². The number of H-pyrrole nitrogens is 1. The van der Waals surface area contributed by atoms with Crippen molar-refractivity contribution in [3.63, 3.8) is 0 Å². The molecule has 1 amide bonds. The molecule has 0 radical (unpaired) electrons. The van der Waals surface area contributed by atoms with Crippen molar-refractivity contribution in [2.45, 2.75) is 6.92 Å². The number of carbonyl (C=O) groups is 1. The molecule has 3 N–H and O–H groups in total. The second-order valence-electron chi connectivity index (χ2n) is 5.92. The molecule has 0 fully saturated rings. The van der Waals surface area contributed by atoms with Gasteiger partial charge in [0, 0.05) is 28.9 Å². The maximum absolute atomic E-state index is 11.3. The standard InChI is InChI=1S/C19H15ClN6O/c1-11(27)23-14-6-2-4-12(8-14)17-16-18(21-10-22-19(16)26-25-17)24-15-7-3-5-13(20)9-15/h2-10H,1H3,(H,23,27)(H2,21,22,24,25,26). The third-order valence-electron chi connectivity index (χ3n) is 3.91. The van der Waals surface area contributed by atoms with Crippen LogP contribution in [0, 0.1) is 0 Å². The molecular weight excluding hydrogens is 364 g/mol. The first kappa shape index (κ1) is 17.0. The van der Waals surface area contributed by atoms with Gasteiger partial charge in [0.25, 0.3) is 0 Å². The largest absolute Gasteiger partial charge is 0.339 e. The maximum Gasteiger partial charge on any atom is 0.221 e. The van der Waals surface area contributed by atoms with E-state index in [2.05, 4.69) is 30.8 Å². The molecule has 2 heterocycles. The van der Waals surface area contributed by atoms with E-state index in [0.29, 0.717) is 22.2 Å². The SMILES string of the molecule is CC(=O)Nc1cccc(-c2[nH]nc3ncnc(Nc4cccc(Cl)c4)c23)c1. The number of nitrogens with zero attached hydrogens (tertiary/aromatic N) is 3. The van der Waals surface area contributed by atoms with Crippen molar-refractivity contribution in [1.82, 2.24) is 20.2 Å².